The van der Waals surface area contributed by atoms with Crippen LogP contribution in [0, 0.1) is 24.0 Å². The summed E-state index contributed by atoms with van der Waals surface area (Å²) in [6, 6.07) is 45.8. The molecule has 0 saturated carbocycles. The Morgan fingerprint density at radius 3 is 1.86 bits per heavy atom. The molecule has 4 aromatic heterocycles. The topological polar surface area (TPSA) is 198 Å². The number of hydrogen-bond acceptors (Lipinski definition) is 15. The molecule has 0 fully saturated rings. The first-order valence-corrected chi connectivity index (χ1v) is 39.6. The molecule has 0 amide bonds. The van der Waals surface area contributed by atoms with Crippen LogP contribution >= 0.6 is 39.5 Å². The van der Waals surface area contributed by atoms with Crippen LogP contribution in [0.25, 0.3) is 34.2 Å². The average Bonchev–Trinajstić information content (AvgIpc) is 1.51. The molecule has 558 valence electrons. The molecule has 23 heteroatoms. The molecule has 1 N–H and O–H groups in total. The quantitative estimate of drug-likeness (QED) is 0.0160. The van der Waals surface area contributed by atoms with E-state index in [9.17, 15) is 24.8 Å². The predicted octanol–water partition coefficient (Wildman–Crippen LogP) is 16.1. The largest absolute Gasteiger partial charge is 0.497 e. The number of aryl methyl sites for hydroxylation is 6. The van der Waals surface area contributed by atoms with Crippen LogP contribution in [-0.4, -0.2) is 95.3 Å². The second-order valence-electron chi connectivity index (χ2n) is 28.4. The summed E-state index contributed by atoms with van der Waals surface area (Å²) < 4.78 is 31.2. The standard InChI is InChI=1S/C43H49N6O3S.C42H44BrN6O5S/c1-8-20-48-36-18-16-31(51-7)22-35(36)43(5,6)39(48)24-33-41(50)34(42(33)53-28-46-26-29(4)44-45-46)25-40-47(10-3)38-23-32(17-19-37(38)49(40)21-9-2)52-27-30-14-12-11-13-15-30;1-6-46-35-20-27(2)12-14-34(35)48(24-28-10-8-7-9-11-28)39(46)23-31-40(51)30(41(31)55-26-38-44-37(49(52)53)25-45(38)5)22-36-42(3,4)32-21-29(43)13-15-33(32)47(36)16-18-54-19-17-50/h11-19,22-26H,8-10,20-21,27-28H2,1-7H3;7-15,20-23,25,50H,6,16-19,24,26H2,1-5H3/q2*+1. The van der Waals surface area contributed by atoms with Crippen LogP contribution in [0.15, 0.2) is 206 Å². The first-order chi connectivity index (χ1) is 52.1. The number of rotatable bonds is 28. The first-order valence-electron chi connectivity index (χ1n) is 36.9. The normalized spacial score (nSPS) is 16.5. The Labute approximate surface area is 647 Å². The summed E-state index contributed by atoms with van der Waals surface area (Å²) in [6.07, 6.45) is 13.6. The lowest BCUT2D eigenvalue weighted by molar-refractivity contribution is -0.674. The molecule has 20 nitrogen and oxygen atoms in total. The van der Waals surface area contributed by atoms with E-state index in [0.29, 0.717) is 61.4 Å². The molecule has 6 heterocycles. The van der Waals surface area contributed by atoms with Crippen LogP contribution in [0.3, 0.4) is 0 Å². The number of Topliss-reactive ketones (excluding diaryl/α,β-unsaturated/α-hetero) is 2. The number of nitro groups is 1. The van der Waals surface area contributed by atoms with Gasteiger partial charge >= 0.3 is 5.82 Å². The van der Waals surface area contributed by atoms with Crippen molar-refractivity contribution in [3.05, 3.63) is 267 Å². The maximum atomic E-state index is 14.6. The summed E-state index contributed by atoms with van der Waals surface area (Å²) in [6.45, 7) is 26.8. The SMILES string of the molecule is CCCN1C(=CC2=C(SCn3cc(C)nn3)C(=Cc3n(CC)c4cc(OCc5ccccc5)ccc4[n+]3CCC)C2=O)C(C)(C)c2cc(OC)ccc21.CCn1c(C=C2C(=O)C(C=C3N(CCOCCO)c4ccc(Br)cc4C3(C)C)=C2SCc2nc([N+](=O)[O-])cn2C)[n+](Cc2ccccc2)c2ccc(C)cc21. The van der Waals surface area contributed by atoms with Crippen molar-refractivity contribution in [1.82, 2.24) is 33.7 Å². The molecular formula is C85H93BrN12O8S2+2. The highest BCUT2D eigenvalue weighted by atomic mass is 79.9. The maximum absolute atomic E-state index is 14.6. The Morgan fingerprint density at radius 2 is 1.26 bits per heavy atom. The number of ether oxygens (including phenoxy) is 3. The smallest absolute Gasteiger partial charge is 0.381 e. The molecule has 2 aliphatic heterocycles. The molecule has 0 atom stereocenters. The van der Waals surface area contributed by atoms with Crippen molar-refractivity contribution in [1.29, 1.82) is 0 Å². The minimum absolute atomic E-state index is 0.0541. The summed E-state index contributed by atoms with van der Waals surface area (Å²) in [7, 11) is 3.45. The van der Waals surface area contributed by atoms with Gasteiger partial charge in [-0.3, -0.25) is 9.59 Å². The fourth-order valence-corrected chi connectivity index (χ4v) is 17.6. The van der Waals surface area contributed by atoms with Gasteiger partial charge in [0.05, 0.1) is 63.9 Å². The highest BCUT2D eigenvalue weighted by Crippen LogP contribution is 2.53. The zero-order chi connectivity index (χ0) is 76.3. The van der Waals surface area contributed by atoms with Gasteiger partial charge in [0.15, 0.2) is 33.6 Å². The molecule has 108 heavy (non-hydrogen) atoms. The van der Waals surface area contributed by atoms with Gasteiger partial charge in [-0.05, 0) is 151 Å². The van der Waals surface area contributed by atoms with E-state index in [4.69, 9.17) is 14.2 Å². The molecule has 0 spiro atoms. The van der Waals surface area contributed by atoms with Gasteiger partial charge in [-0.1, -0.05) is 129 Å². The molecule has 4 aliphatic rings. The number of anilines is 2. The van der Waals surface area contributed by atoms with E-state index in [0.717, 1.165) is 148 Å². The number of hydrogen-bond donors (Lipinski definition) is 1. The van der Waals surface area contributed by atoms with Crippen molar-refractivity contribution < 1.29 is 43.0 Å². The third-order valence-corrected chi connectivity index (χ3v) is 23.3. The number of carbonyl (C=O) groups excluding carboxylic acids is 2. The number of aliphatic hydroxyl groups excluding tert-OH is 1. The number of allylic oxidation sites excluding steroid dienone is 8. The van der Waals surface area contributed by atoms with E-state index >= 15 is 0 Å². The van der Waals surface area contributed by atoms with Gasteiger partial charge < -0.3 is 43.8 Å². The van der Waals surface area contributed by atoms with Crippen molar-refractivity contribution in [2.45, 2.75) is 137 Å². The number of carbonyl (C=O) groups is 2. The van der Waals surface area contributed by atoms with E-state index in [1.54, 1.807) is 30.5 Å². The number of nitrogens with zero attached hydrogens (tertiary/aromatic N) is 12. The van der Waals surface area contributed by atoms with Crippen LogP contribution in [0.1, 0.15) is 119 Å². The van der Waals surface area contributed by atoms with Crippen LogP contribution in [0.2, 0.25) is 0 Å². The fraction of sp³-hybridized carbons (Fsp3) is 0.329. The second-order valence-corrected chi connectivity index (χ2v) is 31.3. The number of benzene rings is 6. The Balaban J connectivity index is 0.000000191. The summed E-state index contributed by atoms with van der Waals surface area (Å²) in [5, 5.41) is 29.4. The summed E-state index contributed by atoms with van der Waals surface area (Å²) >= 11 is 6.76. The van der Waals surface area contributed by atoms with Gasteiger partial charge in [-0.25, -0.2) is 23.0 Å². The molecule has 14 rings (SSSR count). The number of aliphatic hydroxyl groups is 1. The van der Waals surface area contributed by atoms with Crippen molar-refractivity contribution in [3.8, 4) is 11.5 Å². The number of halogens is 1. The first kappa shape index (κ1) is 76.3. The van der Waals surface area contributed by atoms with Crippen LogP contribution in [0.5, 0.6) is 11.5 Å². The van der Waals surface area contributed by atoms with Crippen molar-refractivity contribution in [2.24, 2.45) is 7.05 Å². The molecule has 10 aromatic rings. The van der Waals surface area contributed by atoms with E-state index in [2.05, 4.69) is 213 Å². The zero-order valence-electron chi connectivity index (χ0n) is 63.4. The number of imidazole rings is 3. The Bertz CT molecular complexity index is 5330. The summed E-state index contributed by atoms with van der Waals surface area (Å²) in [5.41, 5.74) is 17.1. The van der Waals surface area contributed by atoms with Gasteiger partial charge in [0, 0.05) is 115 Å². The van der Waals surface area contributed by atoms with Crippen molar-refractivity contribution in [2.75, 3.05) is 49.8 Å². The van der Waals surface area contributed by atoms with E-state index in [-0.39, 0.29) is 36.0 Å². The molecular weight excluding hydrogens is 1460 g/mol. The van der Waals surface area contributed by atoms with Crippen LogP contribution in [0.4, 0.5) is 17.2 Å². The average molecular weight is 1550 g/mol. The summed E-state index contributed by atoms with van der Waals surface area (Å²) in [5.74, 6) is 4.74. The monoisotopic (exact) mass is 1550 g/mol. The Kier molecular flexibility index (Phi) is 23.0. The highest BCUT2D eigenvalue weighted by molar-refractivity contribution is 9.10. The third-order valence-electron chi connectivity index (χ3n) is 20.5. The minimum atomic E-state index is -0.491. The lowest BCUT2D eigenvalue weighted by atomic mass is 9.81. The molecule has 2 aliphatic carbocycles. The van der Waals surface area contributed by atoms with Crippen LogP contribution in [-0.2, 0) is 76.6 Å². The fourth-order valence-electron chi connectivity index (χ4n) is 15.1. The third kappa shape index (κ3) is 15.1. The molecule has 0 radical (unpaired) electrons. The van der Waals surface area contributed by atoms with E-state index in [1.807, 2.05) is 84.6 Å². The van der Waals surface area contributed by atoms with Gasteiger partial charge in [0.1, 0.15) is 30.8 Å². The summed E-state index contributed by atoms with van der Waals surface area (Å²) in [4.78, 5) is 50.8. The lowest BCUT2D eigenvalue weighted by Gasteiger charge is -2.30. The molecule has 6 aromatic carbocycles. The van der Waals surface area contributed by atoms with Gasteiger partial charge in [-0.15, -0.1) is 28.6 Å². The predicted molar refractivity (Wildman–Crippen MR) is 433 cm³/mol. The Hall–Kier alpha value is -9.91. The Morgan fingerprint density at radius 1 is 0.667 bits per heavy atom. The second kappa shape index (κ2) is 32.5. The number of thioether (sulfide) groups is 2. The number of methoxy groups -OCH3 is 1. The molecule has 0 bridgehead atoms. The molecule has 0 unspecified atom stereocenters. The zero-order valence-corrected chi connectivity index (χ0v) is 66.7. The van der Waals surface area contributed by atoms with Crippen molar-refractivity contribution in [3.63, 3.8) is 0 Å². The lowest BCUT2D eigenvalue weighted by Crippen LogP contribution is -2.37. The van der Waals surface area contributed by atoms with Crippen LogP contribution < -0.4 is 28.4 Å². The van der Waals surface area contributed by atoms with Gasteiger partial charge in [-0.2, -0.15) is 0 Å². The molecule has 0 saturated heterocycles. The maximum Gasteiger partial charge on any atom is 0.381 e. The number of aromatic nitrogens is 9. The van der Waals surface area contributed by atoms with Gasteiger partial charge in [0.25, 0.3) is 11.6 Å². The van der Waals surface area contributed by atoms with E-state index in [1.165, 1.54) is 29.2 Å². The van der Waals surface area contributed by atoms with E-state index < -0.39 is 10.3 Å². The van der Waals surface area contributed by atoms with Gasteiger partial charge in [0.2, 0.25) is 5.82 Å². The number of fused-ring (bicyclic) bond motifs is 4. The van der Waals surface area contributed by atoms with Crippen molar-refractivity contribution >= 4 is 102 Å². The minimum Gasteiger partial charge on any atom is -0.497 e. The highest BCUT2D eigenvalue weighted by Gasteiger charge is 2.46. The number of ketones is 2.